The first-order valence-corrected chi connectivity index (χ1v) is 9.26. The summed E-state index contributed by atoms with van der Waals surface area (Å²) >= 11 is 1.36. The first-order chi connectivity index (χ1) is 12.2. The number of anilines is 2. The lowest BCUT2D eigenvalue weighted by Crippen LogP contribution is -2.21. The van der Waals surface area contributed by atoms with E-state index in [1.807, 2.05) is 54.6 Å². The molecular weight excluding hydrogens is 330 g/mol. The Balaban J connectivity index is 1.76. The summed E-state index contributed by atoms with van der Waals surface area (Å²) in [5, 5.41) is 2.97. The van der Waals surface area contributed by atoms with E-state index in [0.29, 0.717) is 4.88 Å². The van der Waals surface area contributed by atoms with E-state index in [2.05, 4.69) is 29.0 Å². The van der Waals surface area contributed by atoms with Crippen LogP contribution in [-0.2, 0) is 0 Å². The maximum Gasteiger partial charge on any atom is 0.268 e. The van der Waals surface area contributed by atoms with Gasteiger partial charge in [0.1, 0.15) is 4.88 Å². The van der Waals surface area contributed by atoms with E-state index in [9.17, 15) is 4.79 Å². The molecule has 4 nitrogen and oxygen atoms in total. The fourth-order valence-corrected chi connectivity index (χ4v) is 3.44. The van der Waals surface area contributed by atoms with Gasteiger partial charge in [-0.3, -0.25) is 4.79 Å². The number of nitrogens with zero attached hydrogens (tertiary/aromatic N) is 2. The number of benzene rings is 2. The standard InChI is InChI=1S/C20H21N3OS/c1-3-23(4-2)17-12-10-16(11-13-17)22-20(24)19-18(21-14-25-19)15-8-6-5-7-9-15/h5-14H,3-4H2,1-2H3,(H,22,24). The minimum absolute atomic E-state index is 0.128. The van der Waals surface area contributed by atoms with Crippen LogP contribution in [0.2, 0.25) is 0 Å². The normalized spacial score (nSPS) is 10.5. The number of amides is 1. The van der Waals surface area contributed by atoms with E-state index in [1.165, 1.54) is 11.3 Å². The summed E-state index contributed by atoms with van der Waals surface area (Å²) in [6.07, 6.45) is 0. The van der Waals surface area contributed by atoms with Crippen molar-refractivity contribution in [1.29, 1.82) is 0 Å². The van der Waals surface area contributed by atoms with Gasteiger partial charge in [-0.2, -0.15) is 0 Å². The Morgan fingerprint density at radius 1 is 1.04 bits per heavy atom. The summed E-state index contributed by atoms with van der Waals surface area (Å²) in [6.45, 7) is 6.19. The van der Waals surface area contributed by atoms with Gasteiger partial charge in [0.2, 0.25) is 0 Å². The fraction of sp³-hybridized carbons (Fsp3) is 0.200. The van der Waals surface area contributed by atoms with Gasteiger partial charge in [0.05, 0.1) is 11.2 Å². The lowest BCUT2D eigenvalue weighted by molar-refractivity contribution is 0.103. The van der Waals surface area contributed by atoms with Crippen LogP contribution in [-0.4, -0.2) is 24.0 Å². The monoisotopic (exact) mass is 351 g/mol. The molecule has 0 saturated carbocycles. The van der Waals surface area contributed by atoms with Gasteiger partial charge in [-0.15, -0.1) is 11.3 Å². The van der Waals surface area contributed by atoms with E-state index in [0.717, 1.165) is 35.7 Å². The second kappa shape index (κ2) is 7.94. The van der Waals surface area contributed by atoms with Gasteiger partial charge in [0, 0.05) is 30.0 Å². The number of rotatable bonds is 6. The molecule has 0 aliphatic heterocycles. The molecule has 0 atom stereocenters. The van der Waals surface area contributed by atoms with Gasteiger partial charge in [0.15, 0.2) is 0 Å². The molecule has 128 valence electrons. The van der Waals surface area contributed by atoms with Crippen molar-refractivity contribution in [3.05, 3.63) is 65.0 Å². The Kier molecular flexibility index (Phi) is 5.46. The summed E-state index contributed by atoms with van der Waals surface area (Å²) in [5.41, 5.74) is 5.33. The maximum absolute atomic E-state index is 12.6. The molecule has 1 N–H and O–H groups in total. The predicted octanol–water partition coefficient (Wildman–Crippen LogP) is 4.91. The number of carbonyl (C=O) groups is 1. The van der Waals surface area contributed by atoms with Crippen LogP contribution in [0.4, 0.5) is 11.4 Å². The molecule has 3 aromatic rings. The van der Waals surface area contributed by atoms with Crippen molar-refractivity contribution in [1.82, 2.24) is 4.98 Å². The number of hydrogen-bond donors (Lipinski definition) is 1. The number of nitrogens with one attached hydrogen (secondary N) is 1. The number of carbonyl (C=O) groups excluding carboxylic acids is 1. The van der Waals surface area contributed by atoms with Gasteiger partial charge in [-0.05, 0) is 38.1 Å². The molecular formula is C20H21N3OS. The lowest BCUT2D eigenvalue weighted by atomic mass is 10.1. The molecule has 0 bridgehead atoms. The van der Waals surface area contributed by atoms with E-state index >= 15 is 0 Å². The molecule has 3 rings (SSSR count). The highest BCUT2D eigenvalue weighted by Crippen LogP contribution is 2.26. The smallest absolute Gasteiger partial charge is 0.268 e. The summed E-state index contributed by atoms with van der Waals surface area (Å²) < 4.78 is 0. The highest BCUT2D eigenvalue weighted by Gasteiger charge is 2.16. The van der Waals surface area contributed by atoms with Gasteiger partial charge >= 0.3 is 0 Å². The molecule has 5 heteroatoms. The molecule has 0 aliphatic rings. The second-order valence-electron chi connectivity index (χ2n) is 5.57. The zero-order valence-corrected chi connectivity index (χ0v) is 15.2. The third kappa shape index (κ3) is 3.88. The average Bonchev–Trinajstić information content (AvgIpc) is 3.15. The maximum atomic E-state index is 12.6. The molecule has 0 unspecified atom stereocenters. The molecule has 25 heavy (non-hydrogen) atoms. The van der Waals surface area contributed by atoms with Crippen LogP contribution in [0.5, 0.6) is 0 Å². The van der Waals surface area contributed by atoms with Gasteiger partial charge < -0.3 is 10.2 Å². The molecule has 1 amide bonds. The van der Waals surface area contributed by atoms with E-state index in [4.69, 9.17) is 0 Å². The van der Waals surface area contributed by atoms with Crippen LogP contribution >= 0.6 is 11.3 Å². The lowest BCUT2D eigenvalue weighted by Gasteiger charge is -2.21. The van der Waals surface area contributed by atoms with Crippen LogP contribution in [0, 0.1) is 0 Å². The Bertz CT molecular complexity index is 824. The molecule has 0 aliphatic carbocycles. The van der Waals surface area contributed by atoms with Gasteiger partial charge in [-0.25, -0.2) is 4.98 Å². The zero-order valence-electron chi connectivity index (χ0n) is 14.4. The van der Waals surface area contributed by atoms with Crippen molar-refractivity contribution in [2.24, 2.45) is 0 Å². The quantitative estimate of drug-likeness (QED) is 0.686. The minimum Gasteiger partial charge on any atom is -0.372 e. The molecule has 0 saturated heterocycles. The molecule has 0 spiro atoms. The third-order valence-corrected chi connectivity index (χ3v) is 4.90. The van der Waals surface area contributed by atoms with Crippen molar-refractivity contribution in [3.63, 3.8) is 0 Å². The van der Waals surface area contributed by atoms with Crippen molar-refractivity contribution >= 4 is 28.6 Å². The summed E-state index contributed by atoms with van der Waals surface area (Å²) in [5.74, 6) is -0.128. The average molecular weight is 351 g/mol. The first kappa shape index (κ1) is 17.2. The summed E-state index contributed by atoms with van der Waals surface area (Å²) in [4.78, 5) is 19.9. The predicted molar refractivity (Wildman–Crippen MR) is 106 cm³/mol. The van der Waals surface area contributed by atoms with Crippen molar-refractivity contribution in [2.75, 3.05) is 23.3 Å². The number of hydrogen-bond acceptors (Lipinski definition) is 4. The van der Waals surface area contributed by atoms with Crippen molar-refractivity contribution in [2.45, 2.75) is 13.8 Å². The minimum atomic E-state index is -0.128. The van der Waals surface area contributed by atoms with Crippen molar-refractivity contribution < 1.29 is 4.79 Å². The van der Waals surface area contributed by atoms with Crippen LogP contribution in [0.3, 0.4) is 0 Å². The molecule has 0 radical (unpaired) electrons. The Labute approximate surface area is 152 Å². The number of aromatic nitrogens is 1. The molecule has 2 aromatic carbocycles. The van der Waals surface area contributed by atoms with Crippen LogP contribution in [0.15, 0.2) is 60.1 Å². The van der Waals surface area contributed by atoms with E-state index in [1.54, 1.807) is 5.51 Å². The first-order valence-electron chi connectivity index (χ1n) is 8.38. The third-order valence-electron chi connectivity index (χ3n) is 4.07. The molecule has 1 heterocycles. The van der Waals surface area contributed by atoms with E-state index < -0.39 is 0 Å². The summed E-state index contributed by atoms with van der Waals surface area (Å²) in [6, 6.07) is 17.7. The topological polar surface area (TPSA) is 45.2 Å². The van der Waals surface area contributed by atoms with Crippen molar-refractivity contribution in [3.8, 4) is 11.3 Å². The molecule has 1 aromatic heterocycles. The largest absolute Gasteiger partial charge is 0.372 e. The number of thiazole rings is 1. The van der Waals surface area contributed by atoms with Crippen LogP contribution in [0.25, 0.3) is 11.3 Å². The Morgan fingerprint density at radius 3 is 2.36 bits per heavy atom. The zero-order chi connectivity index (χ0) is 17.6. The fourth-order valence-electron chi connectivity index (χ4n) is 2.74. The molecule has 0 fully saturated rings. The van der Waals surface area contributed by atoms with Crippen LogP contribution in [0.1, 0.15) is 23.5 Å². The SMILES string of the molecule is CCN(CC)c1ccc(NC(=O)c2scnc2-c2ccccc2)cc1. The second-order valence-corrected chi connectivity index (χ2v) is 6.42. The highest BCUT2D eigenvalue weighted by molar-refractivity contribution is 7.12. The Morgan fingerprint density at radius 2 is 1.72 bits per heavy atom. The van der Waals surface area contributed by atoms with Gasteiger partial charge in [-0.1, -0.05) is 30.3 Å². The highest BCUT2D eigenvalue weighted by atomic mass is 32.1. The van der Waals surface area contributed by atoms with E-state index in [-0.39, 0.29) is 5.91 Å². The van der Waals surface area contributed by atoms with Crippen LogP contribution < -0.4 is 10.2 Å². The van der Waals surface area contributed by atoms with Gasteiger partial charge in [0.25, 0.3) is 5.91 Å². The summed E-state index contributed by atoms with van der Waals surface area (Å²) in [7, 11) is 0. The Hall–Kier alpha value is -2.66.